The predicted molar refractivity (Wildman–Crippen MR) is 106 cm³/mol. The minimum Gasteiger partial charge on any atom is -0.497 e. The van der Waals surface area contributed by atoms with Crippen LogP contribution < -0.4 is 20.1 Å². The lowest BCUT2D eigenvalue weighted by Gasteiger charge is -2.13. The van der Waals surface area contributed by atoms with Crippen LogP contribution in [-0.4, -0.2) is 29.1 Å². The molecule has 3 rings (SSSR count). The molecule has 0 spiro atoms. The number of ether oxygens (including phenoxy) is 2. The standard InChI is InChI=1S/C19H19N5O4/c1-12-7-8-16(28-3)15(9-12)23-19-17(24(25)26)18(20-11-21-19)22-13-5-4-6-14(10-13)27-2/h4-11H,1-3H3,(H2,20,21,22,23). The van der Waals surface area contributed by atoms with E-state index in [0.29, 0.717) is 22.9 Å². The highest BCUT2D eigenvalue weighted by atomic mass is 16.6. The molecule has 0 aliphatic heterocycles. The Morgan fingerprint density at radius 2 is 1.75 bits per heavy atom. The third-order valence-electron chi connectivity index (χ3n) is 3.95. The van der Waals surface area contributed by atoms with Crippen LogP contribution in [0.1, 0.15) is 5.56 Å². The molecule has 3 aromatic rings. The first-order valence-corrected chi connectivity index (χ1v) is 8.34. The van der Waals surface area contributed by atoms with Crippen LogP contribution in [0.4, 0.5) is 28.7 Å². The third-order valence-corrected chi connectivity index (χ3v) is 3.95. The van der Waals surface area contributed by atoms with Crippen molar-refractivity contribution in [1.29, 1.82) is 0 Å². The van der Waals surface area contributed by atoms with Gasteiger partial charge in [-0.15, -0.1) is 0 Å². The Kier molecular flexibility index (Phi) is 5.54. The first kappa shape index (κ1) is 18.9. The van der Waals surface area contributed by atoms with E-state index in [4.69, 9.17) is 9.47 Å². The number of aromatic nitrogens is 2. The molecule has 0 unspecified atom stereocenters. The molecule has 1 aromatic heterocycles. The van der Waals surface area contributed by atoms with E-state index in [2.05, 4.69) is 20.6 Å². The number of hydrogen-bond donors (Lipinski definition) is 2. The number of nitrogens with one attached hydrogen (secondary N) is 2. The molecule has 0 aliphatic carbocycles. The smallest absolute Gasteiger partial charge is 0.353 e. The molecule has 28 heavy (non-hydrogen) atoms. The van der Waals surface area contributed by atoms with Gasteiger partial charge in [0.1, 0.15) is 17.8 Å². The summed E-state index contributed by atoms with van der Waals surface area (Å²) in [4.78, 5) is 19.3. The molecular formula is C19H19N5O4. The molecule has 1 heterocycles. The number of benzene rings is 2. The van der Waals surface area contributed by atoms with E-state index in [1.165, 1.54) is 13.4 Å². The molecule has 0 atom stereocenters. The second kappa shape index (κ2) is 8.21. The van der Waals surface area contributed by atoms with Gasteiger partial charge in [0.05, 0.1) is 24.8 Å². The van der Waals surface area contributed by atoms with E-state index in [1.54, 1.807) is 37.4 Å². The van der Waals surface area contributed by atoms with Crippen LogP contribution in [0.25, 0.3) is 0 Å². The first-order chi connectivity index (χ1) is 13.5. The molecule has 0 amide bonds. The minimum absolute atomic E-state index is 0.0503. The maximum absolute atomic E-state index is 11.8. The van der Waals surface area contributed by atoms with E-state index in [0.717, 1.165) is 5.56 Å². The van der Waals surface area contributed by atoms with Gasteiger partial charge in [-0.25, -0.2) is 9.97 Å². The van der Waals surface area contributed by atoms with Crippen LogP contribution in [0.3, 0.4) is 0 Å². The van der Waals surface area contributed by atoms with Crippen molar-refractivity contribution in [3.8, 4) is 11.5 Å². The number of hydrogen-bond acceptors (Lipinski definition) is 8. The molecule has 2 N–H and O–H groups in total. The Morgan fingerprint density at radius 1 is 1.00 bits per heavy atom. The minimum atomic E-state index is -0.535. The maximum Gasteiger partial charge on any atom is 0.353 e. The van der Waals surface area contributed by atoms with Gasteiger partial charge in [-0.2, -0.15) is 0 Å². The summed E-state index contributed by atoms with van der Waals surface area (Å²) in [5.74, 6) is 1.27. The van der Waals surface area contributed by atoms with E-state index < -0.39 is 4.92 Å². The lowest BCUT2D eigenvalue weighted by molar-refractivity contribution is -0.383. The van der Waals surface area contributed by atoms with Crippen LogP contribution in [0.2, 0.25) is 0 Å². The fourth-order valence-electron chi connectivity index (χ4n) is 2.62. The Bertz CT molecular complexity index is 1010. The van der Waals surface area contributed by atoms with Crippen LogP contribution >= 0.6 is 0 Å². The number of methoxy groups -OCH3 is 2. The largest absolute Gasteiger partial charge is 0.497 e. The van der Waals surface area contributed by atoms with Crippen molar-refractivity contribution < 1.29 is 14.4 Å². The zero-order valence-corrected chi connectivity index (χ0v) is 15.6. The van der Waals surface area contributed by atoms with Gasteiger partial charge in [-0.1, -0.05) is 12.1 Å². The van der Waals surface area contributed by atoms with E-state index >= 15 is 0 Å². The molecule has 2 aromatic carbocycles. The van der Waals surface area contributed by atoms with Gasteiger partial charge in [0, 0.05) is 11.8 Å². The molecule has 0 aliphatic rings. The second-order valence-corrected chi connectivity index (χ2v) is 5.86. The quantitative estimate of drug-likeness (QED) is 0.463. The molecule has 0 bridgehead atoms. The van der Waals surface area contributed by atoms with Crippen molar-refractivity contribution in [3.63, 3.8) is 0 Å². The first-order valence-electron chi connectivity index (χ1n) is 8.34. The lowest BCUT2D eigenvalue weighted by atomic mass is 10.2. The Labute approximate surface area is 161 Å². The van der Waals surface area contributed by atoms with Crippen LogP contribution in [0.5, 0.6) is 11.5 Å². The molecule has 9 heteroatoms. The number of rotatable bonds is 7. The van der Waals surface area contributed by atoms with Crippen molar-refractivity contribution in [2.24, 2.45) is 0 Å². The van der Waals surface area contributed by atoms with Crippen molar-refractivity contribution in [2.75, 3.05) is 24.9 Å². The summed E-state index contributed by atoms with van der Waals surface area (Å²) in [6.07, 6.45) is 1.25. The molecule has 144 valence electrons. The summed E-state index contributed by atoms with van der Waals surface area (Å²) in [6.45, 7) is 1.91. The molecule has 0 radical (unpaired) electrons. The second-order valence-electron chi connectivity index (χ2n) is 5.86. The van der Waals surface area contributed by atoms with Gasteiger partial charge in [0.15, 0.2) is 0 Å². The van der Waals surface area contributed by atoms with Gasteiger partial charge in [-0.05, 0) is 36.8 Å². The summed E-state index contributed by atoms with van der Waals surface area (Å²) < 4.78 is 10.5. The van der Waals surface area contributed by atoms with Crippen molar-refractivity contribution in [1.82, 2.24) is 9.97 Å². The van der Waals surface area contributed by atoms with Gasteiger partial charge >= 0.3 is 5.69 Å². The maximum atomic E-state index is 11.8. The molecule has 9 nitrogen and oxygen atoms in total. The average molecular weight is 381 g/mol. The highest BCUT2D eigenvalue weighted by Crippen LogP contribution is 2.36. The molecule has 0 saturated heterocycles. The third kappa shape index (κ3) is 4.09. The van der Waals surface area contributed by atoms with E-state index in [9.17, 15) is 10.1 Å². The monoisotopic (exact) mass is 381 g/mol. The summed E-state index contributed by atoms with van der Waals surface area (Å²) in [6, 6.07) is 12.5. The SMILES string of the molecule is COc1cccc(Nc2ncnc(Nc3cc(C)ccc3OC)c2[N+](=O)[O-])c1. The zero-order valence-electron chi connectivity index (χ0n) is 15.6. The lowest BCUT2D eigenvalue weighted by Crippen LogP contribution is -2.06. The number of nitrogens with zero attached hydrogens (tertiary/aromatic N) is 3. The average Bonchev–Trinajstić information content (AvgIpc) is 2.68. The Morgan fingerprint density at radius 3 is 2.43 bits per heavy atom. The summed E-state index contributed by atoms with van der Waals surface area (Å²) >= 11 is 0. The number of aryl methyl sites for hydroxylation is 1. The van der Waals surface area contributed by atoms with Crippen LogP contribution in [0.15, 0.2) is 48.8 Å². The van der Waals surface area contributed by atoms with E-state index in [-0.39, 0.29) is 17.3 Å². The Balaban J connectivity index is 2.00. The predicted octanol–water partition coefficient (Wildman–Crippen LogP) is 4.20. The molecular weight excluding hydrogens is 362 g/mol. The van der Waals surface area contributed by atoms with Crippen LogP contribution in [0, 0.1) is 17.0 Å². The van der Waals surface area contributed by atoms with Crippen molar-refractivity contribution in [2.45, 2.75) is 6.92 Å². The van der Waals surface area contributed by atoms with Crippen LogP contribution in [-0.2, 0) is 0 Å². The highest BCUT2D eigenvalue weighted by molar-refractivity contribution is 5.78. The topological polar surface area (TPSA) is 111 Å². The van der Waals surface area contributed by atoms with Gasteiger partial charge in [0.2, 0.25) is 11.6 Å². The van der Waals surface area contributed by atoms with Gasteiger partial charge in [0.25, 0.3) is 0 Å². The van der Waals surface area contributed by atoms with Gasteiger partial charge < -0.3 is 20.1 Å². The highest BCUT2D eigenvalue weighted by Gasteiger charge is 2.24. The summed E-state index contributed by atoms with van der Waals surface area (Å²) in [5.41, 5.74) is 1.85. The van der Waals surface area contributed by atoms with E-state index in [1.807, 2.05) is 19.1 Å². The van der Waals surface area contributed by atoms with Gasteiger partial charge in [-0.3, -0.25) is 10.1 Å². The fourth-order valence-corrected chi connectivity index (χ4v) is 2.62. The fraction of sp³-hybridized carbons (Fsp3) is 0.158. The molecule has 0 saturated carbocycles. The van der Waals surface area contributed by atoms with Crippen molar-refractivity contribution >= 4 is 28.7 Å². The normalized spacial score (nSPS) is 10.2. The zero-order chi connectivity index (χ0) is 20.1. The number of nitro groups is 1. The van der Waals surface area contributed by atoms with Crippen molar-refractivity contribution in [3.05, 3.63) is 64.5 Å². The summed E-state index contributed by atoms with van der Waals surface area (Å²) in [7, 11) is 3.07. The summed E-state index contributed by atoms with van der Waals surface area (Å²) in [5, 5.41) is 17.7. The Hall–Kier alpha value is -3.88. The number of anilines is 4. The molecule has 0 fully saturated rings.